The third-order valence-corrected chi connectivity index (χ3v) is 11.9. The van der Waals surface area contributed by atoms with Crippen LogP contribution in [0.1, 0.15) is 24.5 Å². The third kappa shape index (κ3) is 6.99. The van der Waals surface area contributed by atoms with Crippen LogP contribution in [0, 0.1) is 0 Å². The first-order valence-corrected chi connectivity index (χ1v) is 20.5. The third-order valence-electron chi connectivity index (χ3n) is 9.28. The smallest absolute Gasteiger partial charge is 0.449 e. The van der Waals surface area contributed by atoms with E-state index in [1.165, 1.54) is 0 Å². The number of rotatable bonds is 12. The number of ether oxygens (including phenoxy) is 1. The molecule has 0 N–H and O–H groups in total. The van der Waals surface area contributed by atoms with E-state index in [4.69, 9.17) is 27.4 Å². The van der Waals surface area contributed by atoms with E-state index in [2.05, 4.69) is 61.5 Å². The highest BCUT2D eigenvalue weighted by Crippen LogP contribution is 2.54. The van der Waals surface area contributed by atoms with Crippen LogP contribution in [0.5, 0.6) is 40.2 Å². The lowest BCUT2D eigenvalue weighted by molar-refractivity contribution is 0.369. The van der Waals surface area contributed by atoms with Gasteiger partial charge < -0.3 is 27.4 Å². The van der Waals surface area contributed by atoms with Gasteiger partial charge in [0.05, 0.1) is 0 Å². The number of fused-ring (bicyclic) bond motifs is 5. The van der Waals surface area contributed by atoms with Crippen molar-refractivity contribution in [3.63, 3.8) is 0 Å². The summed E-state index contributed by atoms with van der Waals surface area (Å²) < 4.78 is 40.2. The van der Waals surface area contributed by atoms with Crippen molar-refractivity contribution < 1.29 is 27.4 Å². The van der Waals surface area contributed by atoms with Crippen molar-refractivity contribution in [1.82, 2.24) is 0 Å². The van der Waals surface area contributed by atoms with Gasteiger partial charge in [-0.25, -0.2) is 0 Å². The highest BCUT2D eigenvalue weighted by atomic mass is 31.2. The van der Waals surface area contributed by atoms with Gasteiger partial charge in [0.15, 0.2) is 23.0 Å². The van der Waals surface area contributed by atoms with E-state index in [9.17, 15) is 0 Å². The van der Waals surface area contributed by atoms with Gasteiger partial charge in [0.2, 0.25) is 0 Å². The molecule has 6 nitrogen and oxygen atoms in total. The maximum absolute atomic E-state index is 6.79. The first-order chi connectivity index (χ1) is 26.7. The quantitative estimate of drug-likeness (QED) is 0.116. The van der Waals surface area contributed by atoms with Crippen LogP contribution in [0.4, 0.5) is 0 Å². The first-order valence-electron chi connectivity index (χ1n) is 18.0. The fourth-order valence-electron chi connectivity index (χ4n) is 6.72. The van der Waals surface area contributed by atoms with Crippen molar-refractivity contribution in [3.8, 4) is 40.2 Å². The molecule has 1 aliphatic heterocycles. The Morgan fingerprint density at radius 3 is 1.30 bits per heavy atom. The topological polar surface area (TPSA) is 55.4 Å². The molecule has 0 saturated carbocycles. The summed E-state index contributed by atoms with van der Waals surface area (Å²) in [6.45, 7) is 2.14. The number of benzene rings is 8. The zero-order valence-corrected chi connectivity index (χ0v) is 31.3. The maximum Gasteiger partial charge on any atom is 0.530 e. The molecule has 8 aromatic rings. The molecule has 1 unspecified atom stereocenters. The molecule has 0 aromatic heterocycles. The molecule has 0 radical (unpaired) electrons. The standard InChI is InChI=1S/C46H36O6P2/c1-2-30-53(48-40-25-9-17-32-14-3-6-22-37(32)40)49-43-28-12-20-35-31-36-21-13-29-44(46(36)47-45(35)43)52-54(50-41-26-10-18-33-15-4-7-23-38(33)41)51-42-27-11-19-34-16-5-8-24-39(34)42/h3-29H,2,30-31H2,1H3. The van der Waals surface area contributed by atoms with Crippen molar-refractivity contribution >= 4 is 49.3 Å². The molecule has 1 atom stereocenters. The van der Waals surface area contributed by atoms with Crippen LogP contribution < -0.4 is 27.4 Å². The molecule has 0 amide bonds. The van der Waals surface area contributed by atoms with E-state index in [0.29, 0.717) is 40.9 Å². The van der Waals surface area contributed by atoms with Gasteiger partial charge in [-0.15, -0.1) is 0 Å². The Labute approximate surface area is 316 Å². The van der Waals surface area contributed by atoms with E-state index < -0.39 is 17.0 Å². The van der Waals surface area contributed by atoms with Crippen molar-refractivity contribution in [1.29, 1.82) is 0 Å². The summed E-state index contributed by atoms with van der Waals surface area (Å²) in [5.41, 5.74) is 2.01. The number of hydrogen-bond acceptors (Lipinski definition) is 6. The van der Waals surface area contributed by atoms with Gasteiger partial charge in [0, 0.05) is 39.9 Å². The van der Waals surface area contributed by atoms with Gasteiger partial charge in [-0.3, -0.25) is 0 Å². The lowest BCUT2D eigenvalue weighted by atomic mass is 10.00. The van der Waals surface area contributed by atoms with Crippen LogP contribution in [-0.2, 0) is 6.42 Å². The van der Waals surface area contributed by atoms with Crippen LogP contribution in [0.25, 0.3) is 32.3 Å². The predicted molar refractivity (Wildman–Crippen MR) is 220 cm³/mol. The largest absolute Gasteiger partial charge is 0.530 e. The second kappa shape index (κ2) is 15.3. The van der Waals surface area contributed by atoms with E-state index >= 15 is 0 Å². The van der Waals surface area contributed by atoms with Gasteiger partial charge in [-0.1, -0.05) is 140 Å². The lowest BCUT2D eigenvalue weighted by Crippen LogP contribution is -2.09. The Balaban J connectivity index is 1.04. The van der Waals surface area contributed by atoms with Crippen LogP contribution in [0.15, 0.2) is 164 Å². The molecule has 8 aromatic carbocycles. The van der Waals surface area contributed by atoms with Crippen molar-refractivity contribution in [3.05, 3.63) is 175 Å². The van der Waals surface area contributed by atoms with Gasteiger partial charge in [-0.2, -0.15) is 0 Å². The minimum absolute atomic E-state index is 0.516. The molecule has 9 rings (SSSR count). The minimum atomic E-state index is -2.02. The molecule has 0 fully saturated rings. The number of hydrogen-bond donors (Lipinski definition) is 0. The zero-order valence-electron chi connectivity index (χ0n) is 29.6. The molecule has 8 heteroatoms. The monoisotopic (exact) mass is 746 g/mol. The highest BCUT2D eigenvalue weighted by Gasteiger charge is 2.29. The zero-order chi connectivity index (χ0) is 36.3. The molecule has 54 heavy (non-hydrogen) atoms. The summed E-state index contributed by atoms with van der Waals surface area (Å²) in [4.78, 5) is 0. The Kier molecular flexibility index (Phi) is 9.62. The molecule has 1 aliphatic rings. The summed E-state index contributed by atoms with van der Waals surface area (Å²) in [7, 11) is -3.34. The van der Waals surface area contributed by atoms with Crippen LogP contribution in [0.3, 0.4) is 0 Å². The summed E-state index contributed by atoms with van der Waals surface area (Å²) in [6, 6.07) is 54.6. The summed E-state index contributed by atoms with van der Waals surface area (Å²) in [5, 5.41) is 6.24. The average molecular weight is 747 g/mol. The molecular weight excluding hydrogens is 710 g/mol. The Morgan fingerprint density at radius 2 is 0.796 bits per heavy atom. The second-order valence-electron chi connectivity index (χ2n) is 12.9. The first kappa shape index (κ1) is 34.0. The van der Waals surface area contributed by atoms with Crippen molar-refractivity contribution in [2.45, 2.75) is 19.8 Å². The van der Waals surface area contributed by atoms with Crippen molar-refractivity contribution in [2.24, 2.45) is 0 Å². The maximum atomic E-state index is 6.79. The van der Waals surface area contributed by atoms with Crippen LogP contribution >= 0.6 is 17.0 Å². The van der Waals surface area contributed by atoms with E-state index in [1.54, 1.807) is 0 Å². The second-order valence-corrected chi connectivity index (χ2v) is 15.4. The molecule has 0 spiro atoms. The predicted octanol–water partition coefficient (Wildman–Crippen LogP) is 13.8. The summed E-state index contributed by atoms with van der Waals surface area (Å²) in [5.74, 6) is 4.55. The summed E-state index contributed by atoms with van der Waals surface area (Å²) in [6.07, 6.45) is 2.31. The van der Waals surface area contributed by atoms with Crippen LogP contribution in [0.2, 0.25) is 0 Å². The van der Waals surface area contributed by atoms with E-state index in [-0.39, 0.29) is 0 Å². The molecule has 0 saturated heterocycles. The fraction of sp³-hybridized carbons (Fsp3) is 0.0870. The van der Waals surface area contributed by atoms with Crippen molar-refractivity contribution in [2.75, 3.05) is 6.16 Å². The average Bonchev–Trinajstić information content (AvgIpc) is 3.21. The molecule has 0 aliphatic carbocycles. The van der Waals surface area contributed by atoms with E-state index in [0.717, 1.165) is 61.8 Å². The Hall–Kier alpha value is -5.80. The minimum Gasteiger partial charge on any atom is -0.449 e. The lowest BCUT2D eigenvalue weighted by Gasteiger charge is -2.27. The SMILES string of the molecule is CCCP(Oc1cccc2c1Oc1c(cccc1OP(Oc1cccc3ccccc13)Oc1cccc3ccccc13)C2)Oc1cccc2ccccc12. The van der Waals surface area contributed by atoms with Crippen LogP contribution in [-0.4, -0.2) is 6.16 Å². The van der Waals surface area contributed by atoms with Gasteiger partial charge in [0.1, 0.15) is 17.2 Å². The normalized spacial score (nSPS) is 12.5. The number of para-hydroxylation sites is 2. The van der Waals surface area contributed by atoms with Gasteiger partial charge >= 0.3 is 8.60 Å². The molecular formula is C46H36O6P2. The van der Waals surface area contributed by atoms with Gasteiger partial charge in [-0.05, 0) is 52.9 Å². The summed E-state index contributed by atoms with van der Waals surface area (Å²) >= 11 is 0. The Bertz CT molecular complexity index is 2510. The molecule has 1 heterocycles. The fourth-order valence-corrected chi connectivity index (χ4v) is 9.10. The Morgan fingerprint density at radius 1 is 0.426 bits per heavy atom. The molecule has 266 valence electrons. The van der Waals surface area contributed by atoms with Gasteiger partial charge in [0.25, 0.3) is 8.38 Å². The molecule has 0 bridgehead atoms. The van der Waals surface area contributed by atoms with E-state index in [1.807, 2.05) is 109 Å². The highest BCUT2D eigenvalue weighted by molar-refractivity contribution is 7.48.